The summed E-state index contributed by atoms with van der Waals surface area (Å²) in [6, 6.07) is 4.47. The Labute approximate surface area is 126 Å². The van der Waals surface area contributed by atoms with Gasteiger partial charge in [-0.05, 0) is 59.2 Å². The third kappa shape index (κ3) is 4.49. The molecule has 0 aliphatic carbocycles. The molecule has 1 saturated heterocycles. The standard InChI is InChI=1S/C16H26N2O3/c1-12(14-8-6-10-20-14)18-9-5-7-13(18)11-17-15(19)21-16(2,3)4/h6,8,10,12-13H,5,7,9,11H2,1-4H3,(H,17,19)/t12-,13-/m0/s1. The third-order valence-corrected chi connectivity index (χ3v) is 3.76. The number of ether oxygens (including phenoxy) is 1. The second-order valence-electron chi connectivity index (χ2n) is 6.61. The number of nitrogens with zero attached hydrogens (tertiary/aromatic N) is 1. The van der Waals surface area contributed by atoms with E-state index >= 15 is 0 Å². The van der Waals surface area contributed by atoms with Gasteiger partial charge in [0.15, 0.2) is 0 Å². The van der Waals surface area contributed by atoms with E-state index in [0.29, 0.717) is 12.6 Å². The maximum atomic E-state index is 11.8. The van der Waals surface area contributed by atoms with Gasteiger partial charge in [-0.2, -0.15) is 0 Å². The van der Waals surface area contributed by atoms with Gasteiger partial charge >= 0.3 is 6.09 Å². The van der Waals surface area contributed by atoms with Crippen LogP contribution in [-0.4, -0.2) is 35.7 Å². The van der Waals surface area contributed by atoms with Gasteiger partial charge in [-0.25, -0.2) is 4.79 Å². The van der Waals surface area contributed by atoms with Crippen molar-refractivity contribution < 1.29 is 13.9 Å². The van der Waals surface area contributed by atoms with Gasteiger partial charge in [0.25, 0.3) is 0 Å². The fraction of sp³-hybridized carbons (Fsp3) is 0.688. The summed E-state index contributed by atoms with van der Waals surface area (Å²) in [5.41, 5.74) is -0.457. The lowest BCUT2D eigenvalue weighted by Gasteiger charge is -2.30. The molecule has 0 aromatic carbocycles. The summed E-state index contributed by atoms with van der Waals surface area (Å²) in [6.45, 7) is 9.39. The Hall–Kier alpha value is -1.49. The first-order valence-electron chi connectivity index (χ1n) is 7.63. The number of carbonyl (C=O) groups excluding carboxylic acids is 1. The molecule has 1 aliphatic rings. The van der Waals surface area contributed by atoms with Crippen molar-refractivity contribution >= 4 is 6.09 Å². The van der Waals surface area contributed by atoms with E-state index in [2.05, 4.69) is 17.1 Å². The van der Waals surface area contributed by atoms with Gasteiger partial charge < -0.3 is 14.5 Å². The molecule has 1 aromatic rings. The van der Waals surface area contributed by atoms with Crippen LogP contribution in [0.25, 0.3) is 0 Å². The molecule has 1 amide bonds. The molecule has 1 aliphatic heterocycles. The summed E-state index contributed by atoms with van der Waals surface area (Å²) in [6.07, 6.45) is 3.59. The monoisotopic (exact) mass is 294 g/mol. The molecule has 5 heteroatoms. The Morgan fingerprint density at radius 3 is 2.95 bits per heavy atom. The fourth-order valence-electron chi connectivity index (χ4n) is 2.79. The normalized spacial score (nSPS) is 21.2. The molecule has 0 unspecified atom stereocenters. The fourth-order valence-corrected chi connectivity index (χ4v) is 2.79. The van der Waals surface area contributed by atoms with Crippen LogP contribution in [0.3, 0.4) is 0 Å². The van der Waals surface area contributed by atoms with Crippen LogP contribution >= 0.6 is 0 Å². The van der Waals surface area contributed by atoms with E-state index in [-0.39, 0.29) is 12.1 Å². The Morgan fingerprint density at radius 2 is 2.33 bits per heavy atom. The molecule has 0 saturated carbocycles. The topological polar surface area (TPSA) is 54.7 Å². The number of furan rings is 1. The maximum absolute atomic E-state index is 11.8. The molecule has 1 N–H and O–H groups in total. The van der Waals surface area contributed by atoms with Crippen LogP contribution in [0.2, 0.25) is 0 Å². The van der Waals surface area contributed by atoms with Gasteiger partial charge in [-0.15, -0.1) is 0 Å². The molecule has 5 nitrogen and oxygen atoms in total. The first-order chi connectivity index (χ1) is 9.87. The van der Waals surface area contributed by atoms with E-state index in [1.165, 1.54) is 0 Å². The summed E-state index contributed by atoms with van der Waals surface area (Å²) in [5.74, 6) is 0.971. The zero-order chi connectivity index (χ0) is 15.5. The lowest BCUT2D eigenvalue weighted by atomic mass is 10.1. The van der Waals surface area contributed by atoms with Crippen molar-refractivity contribution in [2.45, 2.75) is 58.2 Å². The van der Waals surface area contributed by atoms with Gasteiger partial charge in [-0.1, -0.05) is 0 Å². The van der Waals surface area contributed by atoms with Crippen molar-refractivity contribution in [1.29, 1.82) is 0 Å². The lowest BCUT2D eigenvalue weighted by molar-refractivity contribution is 0.0506. The van der Waals surface area contributed by atoms with Crippen molar-refractivity contribution in [2.24, 2.45) is 0 Å². The minimum Gasteiger partial charge on any atom is -0.468 e. The van der Waals surface area contributed by atoms with Crippen LogP contribution in [0, 0.1) is 0 Å². The zero-order valence-corrected chi connectivity index (χ0v) is 13.4. The highest BCUT2D eigenvalue weighted by Crippen LogP contribution is 2.29. The molecule has 2 atom stereocenters. The smallest absolute Gasteiger partial charge is 0.407 e. The molecule has 0 spiro atoms. The average molecular weight is 294 g/mol. The second-order valence-corrected chi connectivity index (χ2v) is 6.61. The van der Waals surface area contributed by atoms with Crippen molar-refractivity contribution in [2.75, 3.05) is 13.1 Å². The van der Waals surface area contributed by atoms with E-state index in [1.807, 2.05) is 32.9 Å². The summed E-state index contributed by atoms with van der Waals surface area (Å²) >= 11 is 0. The van der Waals surface area contributed by atoms with Crippen molar-refractivity contribution in [3.8, 4) is 0 Å². The number of alkyl carbamates (subject to hydrolysis) is 1. The lowest BCUT2D eigenvalue weighted by Crippen LogP contribution is -2.42. The minimum atomic E-state index is -0.457. The molecule has 21 heavy (non-hydrogen) atoms. The van der Waals surface area contributed by atoms with Crippen LogP contribution < -0.4 is 5.32 Å². The Morgan fingerprint density at radius 1 is 1.57 bits per heavy atom. The zero-order valence-electron chi connectivity index (χ0n) is 13.4. The van der Waals surface area contributed by atoms with E-state index in [1.54, 1.807) is 6.26 Å². The van der Waals surface area contributed by atoms with Gasteiger partial charge in [0, 0.05) is 12.6 Å². The van der Waals surface area contributed by atoms with E-state index in [0.717, 1.165) is 25.1 Å². The van der Waals surface area contributed by atoms with Gasteiger partial charge in [-0.3, -0.25) is 4.90 Å². The molecule has 2 heterocycles. The molecule has 0 radical (unpaired) electrons. The summed E-state index contributed by atoms with van der Waals surface area (Å²) < 4.78 is 10.8. The summed E-state index contributed by atoms with van der Waals surface area (Å²) in [7, 11) is 0. The number of amides is 1. The quantitative estimate of drug-likeness (QED) is 0.925. The van der Waals surface area contributed by atoms with Gasteiger partial charge in [0.2, 0.25) is 0 Å². The number of rotatable bonds is 4. The Bertz CT molecular complexity index is 451. The van der Waals surface area contributed by atoms with Crippen molar-refractivity contribution in [1.82, 2.24) is 10.2 Å². The number of hydrogen-bond donors (Lipinski definition) is 1. The molecule has 1 aromatic heterocycles. The number of likely N-dealkylation sites (tertiary alicyclic amines) is 1. The number of carbonyl (C=O) groups is 1. The third-order valence-electron chi connectivity index (χ3n) is 3.76. The van der Waals surface area contributed by atoms with Gasteiger partial charge in [0.05, 0.1) is 12.3 Å². The average Bonchev–Trinajstić information content (AvgIpc) is 3.05. The van der Waals surface area contributed by atoms with Crippen LogP contribution in [0.4, 0.5) is 4.79 Å². The molecular formula is C16H26N2O3. The second kappa shape index (κ2) is 6.52. The van der Waals surface area contributed by atoms with E-state index < -0.39 is 5.60 Å². The van der Waals surface area contributed by atoms with Crippen molar-refractivity contribution in [3.05, 3.63) is 24.2 Å². The van der Waals surface area contributed by atoms with Crippen LogP contribution in [-0.2, 0) is 4.74 Å². The molecule has 2 rings (SSSR count). The minimum absolute atomic E-state index is 0.230. The predicted octanol–water partition coefficient (Wildman–Crippen LogP) is 3.33. The van der Waals surface area contributed by atoms with Gasteiger partial charge in [0.1, 0.15) is 11.4 Å². The molecular weight excluding hydrogens is 268 g/mol. The highest BCUT2D eigenvalue weighted by Gasteiger charge is 2.30. The Kier molecular flexibility index (Phi) is 4.93. The van der Waals surface area contributed by atoms with Crippen LogP contribution in [0.1, 0.15) is 52.3 Å². The van der Waals surface area contributed by atoms with Crippen LogP contribution in [0.15, 0.2) is 22.8 Å². The Balaban J connectivity index is 1.86. The predicted molar refractivity (Wildman–Crippen MR) is 81.1 cm³/mol. The van der Waals surface area contributed by atoms with Crippen LogP contribution in [0.5, 0.6) is 0 Å². The van der Waals surface area contributed by atoms with E-state index in [9.17, 15) is 4.79 Å². The van der Waals surface area contributed by atoms with E-state index in [4.69, 9.17) is 9.15 Å². The number of hydrogen-bond acceptors (Lipinski definition) is 4. The summed E-state index contributed by atoms with van der Waals surface area (Å²) in [4.78, 5) is 14.1. The molecule has 118 valence electrons. The SMILES string of the molecule is C[C@@H](c1ccco1)N1CCC[C@H]1CNC(=O)OC(C)(C)C. The maximum Gasteiger partial charge on any atom is 0.407 e. The first kappa shape index (κ1) is 15.9. The molecule has 0 bridgehead atoms. The summed E-state index contributed by atoms with van der Waals surface area (Å²) in [5, 5.41) is 2.88. The highest BCUT2D eigenvalue weighted by atomic mass is 16.6. The largest absolute Gasteiger partial charge is 0.468 e. The highest BCUT2D eigenvalue weighted by molar-refractivity contribution is 5.67. The first-order valence-corrected chi connectivity index (χ1v) is 7.63. The molecule has 1 fully saturated rings. The number of nitrogens with one attached hydrogen (secondary N) is 1. The van der Waals surface area contributed by atoms with Crippen molar-refractivity contribution in [3.63, 3.8) is 0 Å².